The molecule has 1 amide bonds. The molecule has 2 atom stereocenters. The molecule has 0 fully saturated rings. The van der Waals surface area contributed by atoms with Crippen LogP contribution in [0.4, 0.5) is 0 Å². The van der Waals surface area contributed by atoms with Crippen molar-refractivity contribution in [3.05, 3.63) is 59.7 Å². The summed E-state index contributed by atoms with van der Waals surface area (Å²) in [7, 11) is 3.15. The van der Waals surface area contributed by atoms with Gasteiger partial charge < -0.3 is 14.8 Å². The second-order valence-corrected chi connectivity index (χ2v) is 7.50. The first-order chi connectivity index (χ1) is 15.0. The molecule has 2 unspecified atom stereocenters. The number of hydrogen-bond acceptors (Lipinski definition) is 5. The van der Waals surface area contributed by atoms with Crippen LogP contribution in [0.3, 0.4) is 0 Å². The van der Waals surface area contributed by atoms with Crippen LogP contribution in [0.1, 0.15) is 61.0 Å². The molecule has 0 bridgehead atoms. The van der Waals surface area contributed by atoms with Gasteiger partial charge in [-0.25, -0.2) is 0 Å². The van der Waals surface area contributed by atoms with Gasteiger partial charge in [-0.1, -0.05) is 25.0 Å². The lowest BCUT2D eigenvalue weighted by atomic mass is 9.96. The van der Waals surface area contributed by atoms with Crippen molar-refractivity contribution in [2.45, 2.75) is 45.1 Å². The van der Waals surface area contributed by atoms with Crippen LogP contribution in [0.2, 0.25) is 0 Å². The van der Waals surface area contributed by atoms with E-state index >= 15 is 0 Å². The lowest BCUT2D eigenvalue weighted by Gasteiger charge is -2.19. The van der Waals surface area contributed by atoms with Crippen molar-refractivity contribution in [3.63, 3.8) is 0 Å². The normalized spacial score (nSPS) is 12.3. The SMILES string of the molecule is COc1ccc(C(=O)C(NC(=O)CCCCCC(C)C#N)c2ccc(OC)cc2)cc1. The molecule has 0 radical (unpaired) electrons. The zero-order valence-corrected chi connectivity index (χ0v) is 18.4. The zero-order chi connectivity index (χ0) is 22.6. The minimum atomic E-state index is -0.787. The Morgan fingerprint density at radius 3 is 2.06 bits per heavy atom. The molecular weight excluding hydrogens is 392 g/mol. The van der Waals surface area contributed by atoms with Gasteiger partial charge in [-0.2, -0.15) is 5.26 Å². The summed E-state index contributed by atoms with van der Waals surface area (Å²) in [5.41, 5.74) is 1.19. The largest absolute Gasteiger partial charge is 0.497 e. The van der Waals surface area contributed by atoms with Gasteiger partial charge in [0.05, 0.1) is 20.3 Å². The number of hydrogen-bond donors (Lipinski definition) is 1. The molecule has 2 aromatic rings. The number of benzene rings is 2. The number of methoxy groups -OCH3 is 2. The molecule has 0 spiro atoms. The van der Waals surface area contributed by atoms with Crippen LogP contribution in [-0.4, -0.2) is 25.9 Å². The predicted octanol–water partition coefficient (Wildman–Crippen LogP) is 4.85. The van der Waals surface area contributed by atoms with Crippen LogP contribution < -0.4 is 14.8 Å². The van der Waals surface area contributed by atoms with Gasteiger partial charge in [-0.3, -0.25) is 9.59 Å². The number of Topliss-reactive ketones (excluding diaryl/α,β-unsaturated/α-hetero) is 1. The minimum Gasteiger partial charge on any atom is -0.497 e. The highest BCUT2D eigenvalue weighted by molar-refractivity contribution is 6.02. The van der Waals surface area contributed by atoms with Crippen LogP contribution in [0.15, 0.2) is 48.5 Å². The third-order valence-electron chi connectivity index (χ3n) is 5.15. The van der Waals surface area contributed by atoms with E-state index in [9.17, 15) is 9.59 Å². The maximum atomic E-state index is 13.2. The van der Waals surface area contributed by atoms with Gasteiger partial charge in [0.2, 0.25) is 5.91 Å². The summed E-state index contributed by atoms with van der Waals surface area (Å²) in [4.78, 5) is 25.8. The van der Waals surface area contributed by atoms with Gasteiger partial charge in [-0.15, -0.1) is 0 Å². The molecular formula is C25H30N2O4. The molecule has 6 heteroatoms. The van der Waals surface area contributed by atoms with Crippen molar-refractivity contribution < 1.29 is 19.1 Å². The van der Waals surface area contributed by atoms with E-state index in [0.29, 0.717) is 29.0 Å². The summed E-state index contributed by atoms with van der Waals surface area (Å²) in [5.74, 6) is 1.01. The highest BCUT2D eigenvalue weighted by Gasteiger charge is 2.24. The fourth-order valence-corrected chi connectivity index (χ4v) is 3.23. The molecule has 1 N–H and O–H groups in total. The summed E-state index contributed by atoms with van der Waals surface area (Å²) in [5, 5.41) is 11.7. The highest BCUT2D eigenvalue weighted by atomic mass is 16.5. The van der Waals surface area contributed by atoms with Crippen LogP contribution in [-0.2, 0) is 4.79 Å². The molecule has 0 heterocycles. The van der Waals surface area contributed by atoms with Gasteiger partial charge in [0.15, 0.2) is 5.78 Å². The first kappa shape index (κ1) is 23.9. The molecule has 0 aliphatic carbocycles. The Hall–Kier alpha value is -3.33. The van der Waals surface area contributed by atoms with Gasteiger partial charge in [0, 0.05) is 17.9 Å². The number of unbranched alkanes of at least 4 members (excludes halogenated alkanes) is 2. The number of carbonyl (C=O) groups excluding carboxylic acids is 2. The van der Waals surface area contributed by atoms with E-state index in [1.807, 2.05) is 6.92 Å². The van der Waals surface area contributed by atoms with Crippen molar-refractivity contribution in [2.24, 2.45) is 5.92 Å². The second kappa shape index (κ2) is 12.4. The lowest BCUT2D eigenvalue weighted by molar-refractivity contribution is -0.121. The number of carbonyl (C=O) groups is 2. The van der Waals surface area contributed by atoms with E-state index in [1.54, 1.807) is 62.8 Å². The fourth-order valence-electron chi connectivity index (χ4n) is 3.23. The number of nitriles is 1. The Morgan fingerprint density at radius 2 is 1.52 bits per heavy atom. The van der Waals surface area contributed by atoms with E-state index in [1.165, 1.54) is 0 Å². The smallest absolute Gasteiger partial charge is 0.220 e. The molecule has 0 aliphatic heterocycles. The van der Waals surface area contributed by atoms with Crippen molar-refractivity contribution in [1.29, 1.82) is 5.26 Å². The summed E-state index contributed by atoms with van der Waals surface area (Å²) in [6.45, 7) is 1.90. The van der Waals surface area contributed by atoms with Gasteiger partial charge in [-0.05, 0) is 61.7 Å². The molecule has 2 aromatic carbocycles. The Bertz CT molecular complexity index is 885. The predicted molar refractivity (Wildman–Crippen MR) is 119 cm³/mol. The molecule has 164 valence electrons. The van der Waals surface area contributed by atoms with Crippen molar-refractivity contribution in [1.82, 2.24) is 5.32 Å². The van der Waals surface area contributed by atoms with Gasteiger partial charge in [0.1, 0.15) is 17.5 Å². The fraction of sp³-hybridized carbons (Fsp3) is 0.400. The Labute approximate surface area is 184 Å². The van der Waals surface area contributed by atoms with E-state index < -0.39 is 6.04 Å². The van der Waals surface area contributed by atoms with Crippen molar-refractivity contribution in [3.8, 4) is 17.6 Å². The number of rotatable bonds is 12. The molecule has 2 rings (SSSR count). The molecule has 0 aromatic heterocycles. The number of nitrogens with zero attached hydrogens (tertiary/aromatic N) is 1. The Balaban J connectivity index is 2.07. The van der Waals surface area contributed by atoms with Crippen LogP contribution in [0.25, 0.3) is 0 Å². The van der Waals surface area contributed by atoms with E-state index in [-0.39, 0.29) is 17.6 Å². The minimum absolute atomic E-state index is 0.0374. The number of ether oxygens (including phenoxy) is 2. The molecule has 31 heavy (non-hydrogen) atoms. The second-order valence-electron chi connectivity index (χ2n) is 7.50. The summed E-state index contributed by atoms with van der Waals surface area (Å²) in [6.07, 6.45) is 3.68. The zero-order valence-electron chi connectivity index (χ0n) is 18.4. The summed E-state index contributed by atoms with van der Waals surface area (Å²) in [6, 6.07) is 15.4. The van der Waals surface area contributed by atoms with Crippen LogP contribution in [0.5, 0.6) is 11.5 Å². The first-order valence-corrected chi connectivity index (χ1v) is 10.5. The van der Waals surface area contributed by atoms with E-state index in [2.05, 4.69) is 11.4 Å². The average molecular weight is 423 g/mol. The molecule has 0 aliphatic rings. The standard InChI is InChI=1S/C25H30N2O4/c1-18(17-26)7-5-4-6-8-23(28)27-24(19-9-13-21(30-2)14-10-19)25(29)20-11-15-22(31-3)16-12-20/h9-16,18,24H,4-8H2,1-3H3,(H,27,28). The molecule has 0 saturated carbocycles. The number of amides is 1. The third kappa shape index (κ3) is 7.45. The van der Waals surface area contributed by atoms with Gasteiger partial charge in [0.25, 0.3) is 0 Å². The molecule has 0 saturated heterocycles. The molecule has 6 nitrogen and oxygen atoms in total. The van der Waals surface area contributed by atoms with E-state index in [4.69, 9.17) is 14.7 Å². The summed E-state index contributed by atoms with van der Waals surface area (Å²) < 4.78 is 10.4. The topological polar surface area (TPSA) is 88.4 Å². The van der Waals surface area contributed by atoms with E-state index in [0.717, 1.165) is 25.7 Å². The first-order valence-electron chi connectivity index (χ1n) is 10.5. The van der Waals surface area contributed by atoms with Crippen molar-refractivity contribution in [2.75, 3.05) is 14.2 Å². The monoisotopic (exact) mass is 422 g/mol. The average Bonchev–Trinajstić information content (AvgIpc) is 2.81. The lowest BCUT2D eigenvalue weighted by Crippen LogP contribution is -2.33. The van der Waals surface area contributed by atoms with Crippen molar-refractivity contribution >= 4 is 11.7 Å². The number of nitrogens with one attached hydrogen (secondary N) is 1. The third-order valence-corrected chi connectivity index (χ3v) is 5.15. The maximum absolute atomic E-state index is 13.2. The maximum Gasteiger partial charge on any atom is 0.220 e. The van der Waals surface area contributed by atoms with Gasteiger partial charge >= 0.3 is 0 Å². The Kier molecular flexibility index (Phi) is 9.57. The quantitative estimate of drug-likeness (QED) is 0.390. The van der Waals surface area contributed by atoms with Crippen LogP contribution >= 0.6 is 0 Å². The highest BCUT2D eigenvalue weighted by Crippen LogP contribution is 2.23. The summed E-state index contributed by atoms with van der Waals surface area (Å²) >= 11 is 0. The van der Waals surface area contributed by atoms with Crippen LogP contribution in [0, 0.1) is 17.2 Å². The number of ketones is 1. The Morgan fingerprint density at radius 1 is 0.935 bits per heavy atom.